The minimum atomic E-state index is -1.26. The molecule has 0 amide bonds. The highest BCUT2D eigenvalue weighted by Crippen LogP contribution is 2.41. The highest BCUT2D eigenvalue weighted by atomic mass is 16.4. The number of H-pyrrole nitrogens is 1. The lowest BCUT2D eigenvalue weighted by Crippen LogP contribution is -2.19. The second kappa shape index (κ2) is 11.6. The van der Waals surface area contributed by atoms with Gasteiger partial charge in [0.1, 0.15) is 5.56 Å². The Morgan fingerprint density at radius 1 is 1.28 bits per heavy atom. The van der Waals surface area contributed by atoms with Gasteiger partial charge in [0.25, 0.3) is 5.56 Å². The number of nitrogens with two attached hydrogens (primary N) is 1. The van der Waals surface area contributed by atoms with Crippen LogP contribution in [-0.2, 0) is 0 Å². The molecule has 0 bridgehead atoms. The number of aromatic nitrogens is 1. The van der Waals surface area contributed by atoms with Gasteiger partial charge in [-0.1, -0.05) is 51.1 Å². The first-order valence-corrected chi connectivity index (χ1v) is 10.8. The molecule has 1 heterocycles. The number of nitrogens with zero attached hydrogens (tertiary/aromatic N) is 1. The number of rotatable bonds is 7. The second-order valence-corrected chi connectivity index (χ2v) is 7.17. The molecule has 0 radical (unpaired) electrons. The number of allylic oxidation sites excluding steroid dienone is 5. The summed E-state index contributed by atoms with van der Waals surface area (Å²) in [6.45, 7) is 9.58. The molecule has 1 aliphatic carbocycles. The Kier molecular flexibility index (Phi) is 8.95. The van der Waals surface area contributed by atoms with Crippen molar-refractivity contribution in [2.45, 2.75) is 46.0 Å². The molecule has 0 saturated heterocycles. The van der Waals surface area contributed by atoms with Gasteiger partial charge in [-0.05, 0) is 60.9 Å². The monoisotopic (exact) mass is 433 g/mol. The van der Waals surface area contributed by atoms with Gasteiger partial charge in [0, 0.05) is 17.5 Å². The number of aromatic amines is 1. The standard InChI is InChI=1S/C24H25N3O3.C2H6/c1-3-6-17(7-4-2)26-13-12-20(25)21-18(15-8-5-9-15)11-10-16-14-19(24(29)30)23(28)27-22(16)21;1-2/h3-4,6-7,10-15H,1,5,8-9,25H2,2H3,(H,27,28)(H,29,30);1-2H3/b7-4-,17-6+,20-12-,26-13-;. The number of aromatic carboxylic acids is 1. The molecule has 1 aromatic carbocycles. The van der Waals surface area contributed by atoms with E-state index in [9.17, 15) is 14.7 Å². The van der Waals surface area contributed by atoms with E-state index in [1.54, 1.807) is 24.4 Å². The van der Waals surface area contributed by atoms with Crippen molar-refractivity contribution in [2.75, 3.05) is 0 Å². The van der Waals surface area contributed by atoms with E-state index >= 15 is 0 Å². The lowest BCUT2D eigenvalue weighted by atomic mass is 9.77. The smallest absolute Gasteiger partial charge is 0.341 e. The molecule has 0 unspecified atom stereocenters. The van der Waals surface area contributed by atoms with Crippen LogP contribution >= 0.6 is 0 Å². The Bertz CT molecular complexity index is 1160. The third kappa shape index (κ3) is 5.52. The van der Waals surface area contributed by atoms with Crippen molar-refractivity contribution in [3.8, 4) is 0 Å². The van der Waals surface area contributed by atoms with Crippen LogP contribution in [0.15, 0.2) is 70.6 Å². The van der Waals surface area contributed by atoms with E-state index in [-0.39, 0.29) is 5.56 Å². The van der Waals surface area contributed by atoms with Gasteiger partial charge in [0.2, 0.25) is 0 Å². The fourth-order valence-electron chi connectivity index (χ4n) is 3.54. The summed E-state index contributed by atoms with van der Waals surface area (Å²) in [4.78, 5) is 30.8. The lowest BCUT2D eigenvalue weighted by Gasteiger charge is -2.28. The molecule has 0 aliphatic heterocycles. The van der Waals surface area contributed by atoms with Gasteiger partial charge in [-0.2, -0.15) is 0 Å². The molecule has 1 saturated carbocycles. The van der Waals surface area contributed by atoms with E-state index < -0.39 is 11.5 Å². The quantitative estimate of drug-likeness (QED) is 0.394. The van der Waals surface area contributed by atoms with Crippen LogP contribution in [-0.4, -0.2) is 22.3 Å². The molecule has 32 heavy (non-hydrogen) atoms. The predicted molar refractivity (Wildman–Crippen MR) is 133 cm³/mol. The van der Waals surface area contributed by atoms with E-state index in [1.165, 1.54) is 6.07 Å². The first-order chi connectivity index (χ1) is 15.5. The average molecular weight is 434 g/mol. The number of fused-ring (bicyclic) bond motifs is 1. The Balaban J connectivity index is 0.00000176. The van der Waals surface area contributed by atoms with Crippen LogP contribution in [0.3, 0.4) is 0 Å². The van der Waals surface area contributed by atoms with Crippen LogP contribution < -0.4 is 11.3 Å². The summed E-state index contributed by atoms with van der Waals surface area (Å²) in [5.41, 5.74) is 9.03. The summed E-state index contributed by atoms with van der Waals surface area (Å²) < 4.78 is 0. The topological polar surface area (TPSA) is 109 Å². The first-order valence-electron chi connectivity index (χ1n) is 10.8. The van der Waals surface area contributed by atoms with E-state index in [2.05, 4.69) is 16.6 Å². The molecule has 1 aliphatic rings. The Morgan fingerprint density at radius 3 is 2.56 bits per heavy atom. The van der Waals surface area contributed by atoms with Crippen molar-refractivity contribution in [3.63, 3.8) is 0 Å². The number of hydrogen-bond donors (Lipinski definition) is 3. The molecule has 2 aromatic rings. The third-order valence-corrected chi connectivity index (χ3v) is 5.22. The Labute approximate surface area is 188 Å². The molecule has 0 spiro atoms. The maximum Gasteiger partial charge on any atom is 0.341 e. The average Bonchev–Trinajstić information content (AvgIpc) is 2.73. The van der Waals surface area contributed by atoms with Crippen molar-refractivity contribution >= 4 is 28.8 Å². The van der Waals surface area contributed by atoms with Crippen molar-refractivity contribution < 1.29 is 9.90 Å². The number of carbonyl (C=O) groups is 1. The van der Waals surface area contributed by atoms with Crippen molar-refractivity contribution in [1.29, 1.82) is 0 Å². The molecule has 6 nitrogen and oxygen atoms in total. The van der Waals surface area contributed by atoms with Crippen LogP contribution in [0.1, 0.15) is 67.4 Å². The van der Waals surface area contributed by atoms with E-state index in [0.29, 0.717) is 22.5 Å². The number of hydrogen-bond acceptors (Lipinski definition) is 4. The summed E-state index contributed by atoms with van der Waals surface area (Å²) in [5, 5.41) is 9.88. The van der Waals surface area contributed by atoms with Crippen LogP contribution in [0.4, 0.5) is 0 Å². The van der Waals surface area contributed by atoms with E-state index in [4.69, 9.17) is 5.73 Å². The third-order valence-electron chi connectivity index (χ3n) is 5.22. The Hall–Kier alpha value is -3.67. The molecule has 1 aromatic heterocycles. The minimum absolute atomic E-state index is 0.292. The number of aliphatic imine (C=N–C) groups is 1. The van der Waals surface area contributed by atoms with Crippen molar-refractivity contribution in [2.24, 2.45) is 10.7 Å². The number of nitrogens with one attached hydrogen (secondary N) is 1. The maximum absolute atomic E-state index is 12.3. The summed E-state index contributed by atoms with van der Waals surface area (Å²) in [6, 6.07) is 5.21. The lowest BCUT2D eigenvalue weighted by molar-refractivity contribution is 0.0695. The molecule has 1 fully saturated rings. The highest BCUT2D eigenvalue weighted by Gasteiger charge is 2.25. The zero-order chi connectivity index (χ0) is 23.7. The summed E-state index contributed by atoms with van der Waals surface area (Å²) in [7, 11) is 0. The molecule has 3 rings (SSSR count). The largest absolute Gasteiger partial charge is 0.477 e. The van der Waals surface area contributed by atoms with Crippen LogP contribution in [0.5, 0.6) is 0 Å². The number of benzene rings is 1. The van der Waals surface area contributed by atoms with Gasteiger partial charge in [-0.25, -0.2) is 4.79 Å². The van der Waals surface area contributed by atoms with E-state index in [1.807, 2.05) is 45.1 Å². The molecular formula is C26H31N3O3. The summed E-state index contributed by atoms with van der Waals surface area (Å²) in [5.74, 6) is -0.890. The molecule has 168 valence electrons. The molecule has 6 heteroatoms. The molecule has 0 atom stereocenters. The SMILES string of the molecule is C=C/C=C(\C=C/C)/N=C\C=C(/N)c1c(C2CCC2)ccc2cc(C(=O)O)c(=O)[nH]c12.CC. The normalized spacial score (nSPS) is 15.0. The zero-order valence-electron chi connectivity index (χ0n) is 18.9. The van der Waals surface area contributed by atoms with Crippen LogP contribution in [0.25, 0.3) is 16.6 Å². The highest BCUT2D eigenvalue weighted by molar-refractivity contribution is 5.98. The minimum Gasteiger partial charge on any atom is -0.477 e. The zero-order valence-corrected chi connectivity index (χ0v) is 18.9. The van der Waals surface area contributed by atoms with E-state index in [0.717, 1.165) is 36.1 Å². The van der Waals surface area contributed by atoms with Gasteiger partial charge in [-0.15, -0.1) is 0 Å². The summed E-state index contributed by atoms with van der Waals surface area (Å²) in [6.07, 6.45) is 13.7. The van der Waals surface area contributed by atoms with Crippen molar-refractivity contribution in [1.82, 2.24) is 4.98 Å². The van der Waals surface area contributed by atoms with Crippen LogP contribution in [0, 0.1) is 0 Å². The fraction of sp³-hybridized carbons (Fsp3) is 0.269. The first kappa shape index (κ1) is 24.6. The summed E-state index contributed by atoms with van der Waals surface area (Å²) >= 11 is 0. The predicted octanol–water partition coefficient (Wildman–Crippen LogP) is 5.54. The molecular weight excluding hydrogens is 402 g/mol. The second-order valence-electron chi connectivity index (χ2n) is 7.17. The number of carboxylic acids is 1. The molecule has 4 N–H and O–H groups in total. The van der Waals surface area contributed by atoms with Gasteiger partial charge in [0.15, 0.2) is 0 Å². The van der Waals surface area contributed by atoms with Crippen LogP contribution in [0.2, 0.25) is 0 Å². The number of pyridine rings is 1. The van der Waals surface area contributed by atoms with Gasteiger partial charge >= 0.3 is 5.97 Å². The number of carboxylic acid groups (broad SMARTS) is 1. The van der Waals surface area contributed by atoms with Gasteiger partial charge < -0.3 is 15.8 Å². The van der Waals surface area contributed by atoms with Crippen molar-refractivity contribution in [3.05, 3.63) is 87.9 Å². The Morgan fingerprint density at radius 2 is 2.00 bits per heavy atom. The fourth-order valence-corrected chi connectivity index (χ4v) is 3.54. The van der Waals surface area contributed by atoms with Gasteiger partial charge in [-0.3, -0.25) is 9.79 Å². The maximum atomic E-state index is 12.3. The van der Waals surface area contributed by atoms with Gasteiger partial charge in [0.05, 0.1) is 11.2 Å².